The zero-order valence-electron chi connectivity index (χ0n) is 21.6. The Hall–Kier alpha value is -3.87. The maximum atomic E-state index is 15.6. The van der Waals surface area contributed by atoms with Crippen LogP contribution in [0.1, 0.15) is 54.5 Å². The molecule has 7 heteroatoms. The SMILES string of the molecule is CCCc1ccc(C(F)(F)Oc2ccc(-c3ccc4c(c3F)Oc3c(cc(CCC)c(F)c3F)C4)cc2)cc1. The molecule has 0 bridgehead atoms. The van der Waals surface area contributed by atoms with Crippen molar-refractivity contribution in [2.24, 2.45) is 0 Å². The standard InChI is InChI=1S/C32H27F5O2/c1-3-5-19-7-12-24(13-8-19)32(36,37)39-25-14-9-20(10-15-25)26-16-11-22-18-23-17-21(6-4-2)27(33)29(35)31(23)38-30(22)28(26)34/h7-17H,3-6,18H2,1-2H3. The molecule has 0 unspecified atom stereocenters. The summed E-state index contributed by atoms with van der Waals surface area (Å²) in [6.45, 7) is 3.89. The molecule has 0 atom stereocenters. The molecule has 4 aromatic carbocycles. The summed E-state index contributed by atoms with van der Waals surface area (Å²) >= 11 is 0. The first-order valence-corrected chi connectivity index (χ1v) is 13.0. The molecule has 39 heavy (non-hydrogen) atoms. The largest absolute Gasteiger partial charge is 0.450 e. The molecule has 0 saturated carbocycles. The van der Waals surface area contributed by atoms with Gasteiger partial charge in [-0.05, 0) is 59.9 Å². The Morgan fingerprint density at radius 2 is 1.41 bits per heavy atom. The number of alkyl halides is 2. The number of aryl methyl sites for hydroxylation is 2. The van der Waals surface area contributed by atoms with Crippen molar-refractivity contribution in [3.05, 3.63) is 112 Å². The quantitative estimate of drug-likeness (QED) is 0.183. The molecule has 1 heterocycles. The van der Waals surface area contributed by atoms with Crippen molar-refractivity contribution < 1.29 is 31.4 Å². The van der Waals surface area contributed by atoms with Gasteiger partial charge in [0, 0.05) is 23.1 Å². The molecule has 1 aliphatic heterocycles. The second-order valence-corrected chi connectivity index (χ2v) is 9.69. The van der Waals surface area contributed by atoms with Crippen molar-refractivity contribution in [1.82, 2.24) is 0 Å². The smallest absolute Gasteiger partial charge is 0.426 e. The highest BCUT2D eigenvalue weighted by Gasteiger charge is 2.34. The van der Waals surface area contributed by atoms with Crippen LogP contribution in [0.3, 0.4) is 0 Å². The average Bonchev–Trinajstić information content (AvgIpc) is 2.92. The molecule has 0 radical (unpaired) electrons. The Kier molecular flexibility index (Phi) is 7.34. The van der Waals surface area contributed by atoms with Crippen LogP contribution < -0.4 is 9.47 Å². The van der Waals surface area contributed by atoms with Crippen LogP contribution in [0.15, 0.2) is 66.7 Å². The molecular formula is C32H27F5O2. The first-order valence-electron chi connectivity index (χ1n) is 13.0. The van der Waals surface area contributed by atoms with E-state index in [1.807, 2.05) is 13.8 Å². The van der Waals surface area contributed by atoms with Crippen LogP contribution in [0.5, 0.6) is 17.2 Å². The Balaban J connectivity index is 1.37. The first kappa shape index (κ1) is 26.7. The minimum atomic E-state index is -3.55. The van der Waals surface area contributed by atoms with E-state index in [1.54, 1.807) is 30.3 Å². The Morgan fingerprint density at radius 1 is 0.744 bits per heavy atom. The lowest BCUT2D eigenvalue weighted by Crippen LogP contribution is -2.21. The molecule has 1 aliphatic rings. The predicted molar refractivity (Wildman–Crippen MR) is 140 cm³/mol. The summed E-state index contributed by atoms with van der Waals surface area (Å²) in [5, 5.41) is 0. The Morgan fingerprint density at radius 3 is 2.08 bits per heavy atom. The number of benzene rings is 4. The molecule has 0 aromatic heterocycles. The van der Waals surface area contributed by atoms with Gasteiger partial charge < -0.3 is 9.47 Å². The summed E-state index contributed by atoms with van der Waals surface area (Å²) in [4.78, 5) is 0. The van der Waals surface area contributed by atoms with Crippen molar-refractivity contribution in [2.75, 3.05) is 0 Å². The first-order chi connectivity index (χ1) is 18.7. The molecule has 0 fully saturated rings. The van der Waals surface area contributed by atoms with E-state index in [0.717, 1.165) is 18.4 Å². The number of rotatable bonds is 8. The molecule has 0 spiro atoms. The van der Waals surface area contributed by atoms with Crippen LogP contribution in [0.4, 0.5) is 22.0 Å². The van der Waals surface area contributed by atoms with Gasteiger partial charge in [0.15, 0.2) is 23.1 Å². The van der Waals surface area contributed by atoms with Crippen LogP contribution >= 0.6 is 0 Å². The summed E-state index contributed by atoms with van der Waals surface area (Å²) in [7, 11) is 0. The lowest BCUT2D eigenvalue weighted by molar-refractivity contribution is -0.185. The second kappa shape index (κ2) is 10.7. The maximum absolute atomic E-state index is 15.6. The van der Waals surface area contributed by atoms with E-state index in [0.29, 0.717) is 29.5 Å². The summed E-state index contributed by atoms with van der Waals surface area (Å²) in [6.07, 6.45) is -0.613. The highest BCUT2D eigenvalue weighted by Crippen LogP contribution is 2.44. The molecular weight excluding hydrogens is 511 g/mol. The van der Waals surface area contributed by atoms with Gasteiger partial charge in [0.1, 0.15) is 5.75 Å². The molecule has 2 nitrogen and oxygen atoms in total. The van der Waals surface area contributed by atoms with E-state index in [1.165, 1.54) is 36.4 Å². The summed E-state index contributed by atoms with van der Waals surface area (Å²) in [6, 6.07) is 16.4. The van der Waals surface area contributed by atoms with Gasteiger partial charge in [0.05, 0.1) is 5.56 Å². The summed E-state index contributed by atoms with van der Waals surface area (Å²) < 4.78 is 84.8. The van der Waals surface area contributed by atoms with Gasteiger partial charge in [-0.3, -0.25) is 0 Å². The number of fused-ring (bicyclic) bond motifs is 2. The third-order valence-electron chi connectivity index (χ3n) is 6.84. The van der Waals surface area contributed by atoms with Crippen molar-refractivity contribution in [2.45, 2.75) is 52.1 Å². The second-order valence-electron chi connectivity index (χ2n) is 9.69. The third-order valence-corrected chi connectivity index (χ3v) is 6.84. The molecule has 0 N–H and O–H groups in total. The van der Waals surface area contributed by atoms with E-state index in [4.69, 9.17) is 9.47 Å². The highest BCUT2D eigenvalue weighted by molar-refractivity contribution is 5.69. The van der Waals surface area contributed by atoms with Gasteiger partial charge in [-0.2, -0.15) is 13.2 Å². The van der Waals surface area contributed by atoms with E-state index < -0.39 is 23.6 Å². The Bertz CT molecular complexity index is 1500. The van der Waals surface area contributed by atoms with Crippen LogP contribution in [0, 0.1) is 17.5 Å². The number of halogens is 5. The minimum Gasteiger partial charge on any atom is -0.450 e. The minimum absolute atomic E-state index is 0.0923. The van der Waals surface area contributed by atoms with Gasteiger partial charge in [-0.1, -0.05) is 63.1 Å². The van der Waals surface area contributed by atoms with Gasteiger partial charge >= 0.3 is 6.11 Å². The number of hydrogen-bond donors (Lipinski definition) is 0. The fraction of sp³-hybridized carbons (Fsp3) is 0.250. The van der Waals surface area contributed by atoms with Crippen molar-refractivity contribution in [3.8, 4) is 28.4 Å². The monoisotopic (exact) mass is 538 g/mol. The number of hydrogen-bond acceptors (Lipinski definition) is 2. The van der Waals surface area contributed by atoms with Crippen LogP contribution in [0.25, 0.3) is 11.1 Å². The van der Waals surface area contributed by atoms with Crippen LogP contribution in [0.2, 0.25) is 0 Å². The van der Waals surface area contributed by atoms with Crippen molar-refractivity contribution in [3.63, 3.8) is 0 Å². The van der Waals surface area contributed by atoms with Gasteiger partial charge in [-0.25, -0.2) is 8.78 Å². The molecule has 5 rings (SSSR count). The van der Waals surface area contributed by atoms with E-state index in [9.17, 15) is 17.6 Å². The molecule has 0 amide bonds. The number of ether oxygens (including phenoxy) is 2. The zero-order chi connectivity index (χ0) is 27.7. The van der Waals surface area contributed by atoms with E-state index in [-0.39, 0.29) is 40.4 Å². The zero-order valence-corrected chi connectivity index (χ0v) is 21.6. The maximum Gasteiger partial charge on any atom is 0.426 e. The van der Waals surface area contributed by atoms with Gasteiger partial charge in [0.25, 0.3) is 0 Å². The van der Waals surface area contributed by atoms with Gasteiger partial charge in [-0.15, -0.1) is 0 Å². The summed E-state index contributed by atoms with van der Waals surface area (Å²) in [5.74, 6) is -3.45. The lowest BCUT2D eigenvalue weighted by atomic mass is 9.94. The highest BCUT2D eigenvalue weighted by atomic mass is 19.3. The normalized spacial score (nSPS) is 12.5. The van der Waals surface area contributed by atoms with E-state index in [2.05, 4.69) is 0 Å². The topological polar surface area (TPSA) is 18.5 Å². The van der Waals surface area contributed by atoms with Crippen molar-refractivity contribution >= 4 is 0 Å². The van der Waals surface area contributed by atoms with Gasteiger partial charge in [0.2, 0.25) is 5.82 Å². The third kappa shape index (κ3) is 5.22. The molecule has 202 valence electrons. The summed E-state index contributed by atoms with van der Waals surface area (Å²) in [5.41, 5.74) is 2.44. The van der Waals surface area contributed by atoms with Crippen molar-refractivity contribution in [1.29, 1.82) is 0 Å². The molecule has 0 aliphatic carbocycles. The fourth-order valence-corrected chi connectivity index (χ4v) is 4.85. The predicted octanol–water partition coefficient (Wildman–Crippen LogP) is 9.50. The van der Waals surface area contributed by atoms with Crippen LogP contribution in [-0.4, -0.2) is 0 Å². The Labute approximate surface area is 224 Å². The van der Waals surface area contributed by atoms with Crippen LogP contribution in [-0.2, 0) is 25.4 Å². The lowest BCUT2D eigenvalue weighted by Gasteiger charge is -2.23. The molecule has 4 aromatic rings. The van der Waals surface area contributed by atoms with E-state index >= 15 is 4.39 Å². The molecule has 0 saturated heterocycles. The average molecular weight is 539 g/mol. The fourth-order valence-electron chi connectivity index (χ4n) is 4.85.